The Bertz CT molecular complexity index is 782. The van der Waals surface area contributed by atoms with Crippen molar-refractivity contribution in [1.29, 1.82) is 0 Å². The van der Waals surface area contributed by atoms with Gasteiger partial charge in [-0.05, 0) is 31.9 Å². The van der Waals surface area contributed by atoms with E-state index in [0.29, 0.717) is 12.0 Å². The fraction of sp³-hybridized carbons (Fsp3) is 0.467. The molecule has 2 rings (SSSR count). The van der Waals surface area contributed by atoms with Crippen LogP contribution in [0.4, 0.5) is 0 Å². The van der Waals surface area contributed by atoms with Gasteiger partial charge < -0.3 is 0 Å². The molecular weight excluding hydrogens is 322 g/mol. The Morgan fingerprint density at radius 2 is 2.05 bits per heavy atom. The van der Waals surface area contributed by atoms with Crippen LogP contribution in [0.2, 0.25) is 0 Å². The van der Waals surface area contributed by atoms with Gasteiger partial charge in [-0.1, -0.05) is 23.8 Å². The van der Waals surface area contributed by atoms with E-state index in [2.05, 4.69) is 6.58 Å². The molecule has 0 amide bonds. The van der Waals surface area contributed by atoms with Crippen molar-refractivity contribution in [3.05, 3.63) is 42.0 Å². The third kappa shape index (κ3) is 3.42. The highest BCUT2D eigenvalue weighted by atomic mass is 32.2. The van der Waals surface area contributed by atoms with Crippen molar-refractivity contribution in [1.82, 2.24) is 4.31 Å². The topological polar surface area (TPSA) is 71.5 Å². The van der Waals surface area contributed by atoms with E-state index in [4.69, 9.17) is 0 Å². The minimum absolute atomic E-state index is 0.0354. The Balaban J connectivity index is 2.44. The summed E-state index contributed by atoms with van der Waals surface area (Å²) in [5.41, 5.74) is 1.64. The Hall–Kier alpha value is -1.18. The van der Waals surface area contributed by atoms with Crippen LogP contribution in [0.15, 0.2) is 35.7 Å². The molecule has 0 radical (unpaired) electrons. The van der Waals surface area contributed by atoms with Crippen LogP contribution in [0.5, 0.6) is 0 Å². The van der Waals surface area contributed by atoms with Gasteiger partial charge in [0.25, 0.3) is 0 Å². The highest BCUT2D eigenvalue weighted by Gasteiger charge is 2.38. The molecule has 0 unspecified atom stereocenters. The average molecular weight is 343 g/mol. The lowest BCUT2D eigenvalue weighted by Crippen LogP contribution is -2.41. The van der Waals surface area contributed by atoms with Crippen LogP contribution >= 0.6 is 0 Å². The molecule has 0 spiro atoms. The minimum atomic E-state index is -3.75. The largest absolute Gasteiger partial charge is 0.243 e. The summed E-state index contributed by atoms with van der Waals surface area (Å²) in [6, 6.07) is 4.62. The van der Waals surface area contributed by atoms with E-state index in [9.17, 15) is 16.8 Å². The first-order chi connectivity index (χ1) is 10.2. The molecule has 1 aromatic rings. The number of sulfone groups is 1. The molecule has 0 bridgehead atoms. The fourth-order valence-corrected chi connectivity index (χ4v) is 6.45. The number of sulfonamides is 1. The van der Waals surface area contributed by atoms with Crippen molar-refractivity contribution >= 4 is 19.9 Å². The normalized spacial score (nSPS) is 21.1. The summed E-state index contributed by atoms with van der Waals surface area (Å²) in [6.07, 6.45) is 1.83. The van der Waals surface area contributed by atoms with Crippen molar-refractivity contribution in [3.63, 3.8) is 0 Å². The molecule has 1 atom stereocenters. The van der Waals surface area contributed by atoms with Crippen molar-refractivity contribution in [2.75, 3.05) is 18.1 Å². The van der Waals surface area contributed by atoms with Gasteiger partial charge in [-0.25, -0.2) is 16.8 Å². The maximum Gasteiger partial charge on any atom is 0.243 e. The van der Waals surface area contributed by atoms with Crippen LogP contribution in [-0.2, 0) is 19.9 Å². The molecule has 1 aromatic carbocycles. The highest BCUT2D eigenvalue weighted by molar-refractivity contribution is 7.92. The molecule has 1 aliphatic heterocycles. The van der Waals surface area contributed by atoms with Crippen LogP contribution in [0.25, 0.3) is 0 Å². The van der Waals surface area contributed by atoms with Crippen LogP contribution in [-0.4, -0.2) is 45.2 Å². The Morgan fingerprint density at radius 1 is 1.36 bits per heavy atom. The monoisotopic (exact) mass is 343 g/mol. The van der Waals surface area contributed by atoms with Gasteiger partial charge in [-0.15, -0.1) is 6.58 Å². The van der Waals surface area contributed by atoms with Gasteiger partial charge >= 0.3 is 0 Å². The number of hydrogen-bond acceptors (Lipinski definition) is 4. The third-order valence-corrected chi connectivity index (χ3v) is 7.67. The van der Waals surface area contributed by atoms with Gasteiger partial charge in [-0.3, -0.25) is 0 Å². The van der Waals surface area contributed by atoms with Gasteiger partial charge in [0.1, 0.15) is 0 Å². The Kier molecular flexibility index (Phi) is 4.79. The number of benzene rings is 1. The molecule has 0 aliphatic carbocycles. The second-order valence-corrected chi connectivity index (χ2v) is 9.78. The van der Waals surface area contributed by atoms with E-state index in [1.54, 1.807) is 19.1 Å². The average Bonchev–Trinajstić information content (AvgIpc) is 2.75. The molecule has 122 valence electrons. The van der Waals surface area contributed by atoms with Gasteiger partial charge in [0, 0.05) is 12.6 Å². The Morgan fingerprint density at radius 3 is 2.55 bits per heavy atom. The summed E-state index contributed by atoms with van der Waals surface area (Å²) in [7, 11) is -6.91. The molecule has 1 aliphatic rings. The van der Waals surface area contributed by atoms with E-state index in [1.165, 1.54) is 10.4 Å². The molecular formula is C15H21NO4S2. The standard InChI is InChI=1S/C15H21NO4S2/c1-4-8-16(14-7-9-21(17,18)11-14)22(19,20)15-6-5-12(2)10-13(15)3/h4-6,10,14H,1,7-9,11H2,2-3H3/t14-/m0/s1. The zero-order valence-corrected chi connectivity index (χ0v) is 14.5. The predicted octanol–water partition coefficient (Wildman–Crippen LogP) is 1.67. The van der Waals surface area contributed by atoms with E-state index in [1.807, 2.05) is 13.0 Å². The van der Waals surface area contributed by atoms with Crippen LogP contribution in [0.1, 0.15) is 17.5 Å². The lowest BCUT2D eigenvalue weighted by Gasteiger charge is -2.27. The third-order valence-electron chi connectivity index (χ3n) is 3.84. The van der Waals surface area contributed by atoms with Gasteiger partial charge in [0.15, 0.2) is 9.84 Å². The molecule has 0 aromatic heterocycles. The summed E-state index contributed by atoms with van der Waals surface area (Å²) >= 11 is 0. The second kappa shape index (κ2) is 6.14. The molecule has 5 nitrogen and oxygen atoms in total. The lowest BCUT2D eigenvalue weighted by molar-refractivity contribution is 0.367. The first-order valence-corrected chi connectivity index (χ1v) is 10.3. The van der Waals surface area contributed by atoms with Crippen LogP contribution in [0.3, 0.4) is 0 Å². The number of aryl methyl sites for hydroxylation is 2. The van der Waals surface area contributed by atoms with Crippen LogP contribution in [0, 0.1) is 13.8 Å². The molecule has 1 fully saturated rings. The Labute approximate surface area is 132 Å². The zero-order chi connectivity index (χ0) is 16.5. The van der Waals surface area contributed by atoms with Gasteiger partial charge in [0.2, 0.25) is 10.0 Å². The second-order valence-electron chi connectivity index (χ2n) is 5.69. The number of nitrogens with zero attached hydrogens (tertiary/aromatic N) is 1. The summed E-state index contributed by atoms with van der Waals surface area (Å²) < 4.78 is 50.5. The quantitative estimate of drug-likeness (QED) is 0.763. The molecule has 22 heavy (non-hydrogen) atoms. The first-order valence-electron chi connectivity index (χ1n) is 7.08. The fourth-order valence-electron chi connectivity index (χ4n) is 2.79. The van der Waals surface area contributed by atoms with E-state index in [-0.39, 0.29) is 22.9 Å². The summed E-state index contributed by atoms with van der Waals surface area (Å²) in [5.74, 6) is -0.0846. The SMILES string of the molecule is C=CCN([C@H]1CCS(=O)(=O)C1)S(=O)(=O)c1ccc(C)cc1C. The smallest absolute Gasteiger partial charge is 0.229 e. The maximum atomic E-state index is 12.9. The van der Waals surface area contributed by atoms with Crippen LogP contribution < -0.4 is 0 Å². The number of rotatable bonds is 5. The summed E-state index contributed by atoms with van der Waals surface area (Å²) in [6.45, 7) is 7.35. The maximum absolute atomic E-state index is 12.9. The molecule has 1 heterocycles. The summed E-state index contributed by atoms with van der Waals surface area (Å²) in [5, 5.41) is 0. The number of hydrogen-bond donors (Lipinski definition) is 0. The van der Waals surface area contributed by atoms with E-state index >= 15 is 0 Å². The van der Waals surface area contributed by atoms with E-state index in [0.717, 1.165) is 5.56 Å². The van der Waals surface area contributed by atoms with Gasteiger partial charge in [-0.2, -0.15) is 4.31 Å². The van der Waals surface area contributed by atoms with Crippen molar-refractivity contribution < 1.29 is 16.8 Å². The van der Waals surface area contributed by atoms with Crippen molar-refractivity contribution in [2.45, 2.75) is 31.2 Å². The predicted molar refractivity (Wildman–Crippen MR) is 87.1 cm³/mol. The van der Waals surface area contributed by atoms with Gasteiger partial charge in [0.05, 0.1) is 16.4 Å². The van der Waals surface area contributed by atoms with E-state index < -0.39 is 25.9 Å². The van der Waals surface area contributed by atoms with Crippen molar-refractivity contribution in [2.24, 2.45) is 0 Å². The first kappa shape index (κ1) is 17.2. The highest BCUT2D eigenvalue weighted by Crippen LogP contribution is 2.27. The molecule has 0 N–H and O–H groups in total. The van der Waals surface area contributed by atoms with Crippen molar-refractivity contribution in [3.8, 4) is 0 Å². The summed E-state index contributed by atoms with van der Waals surface area (Å²) in [4.78, 5) is 0.226. The zero-order valence-electron chi connectivity index (χ0n) is 12.8. The molecule has 1 saturated heterocycles. The molecule has 7 heteroatoms. The minimum Gasteiger partial charge on any atom is -0.229 e. The lowest BCUT2D eigenvalue weighted by atomic mass is 10.2. The molecule has 0 saturated carbocycles.